The minimum Gasteiger partial charge on any atom is -0.355 e. The highest BCUT2D eigenvalue weighted by atomic mass is 16.7. The van der Waals surface area contributed by atoms with Crippen LogP contribution in [-0.2, 0) is 9.47 Å². The first-order valence-electron chi connectivity index (χ1n) is 5.60. The molecule has 0 heterocycles. The molecule has 0 aliphatic heterocycles. The van der Waals surface area contributed by atoms with Gasteiger partial charge >= 0.3 is 0 Å². The van der Waals surface area contributed by atoms with Crippen molar-refractivity contribution in [1.82, 2.24) is 5.32 Å². The highest BCUT2D eigenvalue weighted by Crippen LogP contribution is 2.27. The monoisotopic (exact) mass is 201 g/mol. The predicted molar refractivity (Wildman–Crippen MR) is 57.2 cm³/mol. The lowest BCUT2D eigenvalue weighted by Crippen LogP contribution is -2.39. The molecule has 1 rings (SSSR count). The van der Waals surface area contributed by atoms with Crippen molar-refractivity contribution < 1.29 is 9.47 Å². The third-order valence-corrected chi connectivity index (χ3v) is 3.26. The van der Waals surface area contributed by atoms with E-state index in [1.807, 2.05) is 0 Å². The average molecular weight is 201 g/mol. The van der Waals surface area contributed by atoms with Gasteiger partial charge in [0.05, 0.1) is 0 Å². The summed E-state index contributed by atoms with van der Waals surface area (Å²) < 4.78 is 10.3. The van der Waals surface area contributed by atoms with Gasteiger partial charge in [-0.3, -0.25) is 0 Å². The third kappa shape index (κ3) is 3.23. The van der Waals surface area contributed by atoms with Crippen molar-refractivity contribution in [3.63, 3.8) is 0 Å². The second-order valence-electron chi connectivity index (χ2n) is 4.01. The van der Waals surface area contributed by atoms with E-state index in [-0.39, 0.29) is 6.29 Å². The molecule has 1 saturated carbocycles. The average Bonchev–Trinajstić information content (AvgIpc) is 2.67. The molecule has 0 aromatic rings. The van der Waals surface area contributed by atoms with Crippen molar-refractivity contribution in [2.24, 2.45) is 5.92 Å². The maximum absolute atomic E-state index is 5.14. The van der Waals surface area contributed by atoms with Crippen LogP contribution in [-0.4, -0.2) is 33.1 Å². The molecule has 2 atom stereocenters. The fraction of sp³-hybridized carbons (Fsp3) is 1.00. The molecule has 1 N–H and O–H groups in total. The number of rotatable bonds is 6. The molecule has 14 heavy (non-hydrogen) atoms. The van der Waals surface area contributed by atoms with Gasteiger partial charge in [-0.15, -0.1) is 0 Å². The molecule has 0 aromatic carbocycles. The van der Waals surface area contributed by atoms with Crippen LogP contribution in [0.4, 0.5) is 0 Å². The van der Waals surface area contributed by atoms with Crippen LogP contribution >= 0.6 is 0 Å². The van der Waals surface area contributed by atoms with Crippen molar-refractivity contribution in [2.45, 2.75) is 44.9 Å². The van der Waals surface area contributed by atoms with Crippen LogP contribution in [0.3, 0.4) is 0 Å². The summed E-state index contributed by atoms with van der Waals surface area (Å²) in [5, 5.41) is 3.53. The zero-order valence-electron chi connectivity index (χ0n) is 9.58. The van der Waals surface area contributed by atoms with Gasteiger partial charge in [-0.05, 0) is 18.8 Å². The smallest absolute Gasteiger partial charge is 0.169 e. The second-order valence-corrected chi connectivity index (χ2v) is 4.01. The van der Waals surface area contributed by atoms with E-state index in [1.54, 1.807) is 14.2 Å². The first kappa shape index (κ1) is 12.0. The molecule has 1 aliphatic rings. The Balaban J connectivity index is 2.22. The predicted octanol–water partition coefficient (Wildman–Crippen LogP) is 1.77. The molecular weight excluding hydrogens is 178 g/mol. The SMILES string of the molecule is CCC1CCCC1NCC(OC)OC. The van der Waals surface area contributed by atoms with Gasteiger partial charge in [0.2, 0.25) is 0 Å². The number of nitrogens with one attached hydrogen (secondary N) is 1. The fourth-order valence-electron chi connectivity index (χ4n) is 2.30. The molecule has 0 bridgehead atoms. The van der Waals surface area contributed by atoms with Gasteiger partial charge in [-0.2, -0.15) is 0 Å². The van der Waals surface area contributed by atoms with E-state index in [4.69, 9.17) is 9.47 Å². The lowest BCUT2D eigenvalue weighted by atomic mass is 10.0. The van der Waals surface area contributed by atoms with Crippen LogP contribution in [0.25, 0.3) is 0 Å². The quantitative estimate of drug-likeness (QED) is 0.664. The Labute approximate surface area is 87.2 Å². The lowest BCUT2D eigenvalue weighted by Gasteiger charge is -2.22. The van der Waals surface area contributed by atoms with Crippen LogP contribution in [0.2, 0.25) is 0 Å². The largest absolute Gasteiger partial charge is 0.355 e. The number of hydrogen-bond acceptors (Lipinski definition) is 3. The fourth-order valence-corrected chi connectivity index (χ4v) is 2.30. The van der Waals surface area contributed by atoms with Crippen LogP contribution in [0, 0.1) is 5.92 Å². The minimum absolute atomic E-state index is 0.104. The Morgan fingerprint density at radius 2 is 2.00 bits per heavy atom. The van der Waals surface area contributed by atoms with Gasteiger partial charge in [0.15, 0.2) is 6.29 Å². The molecule has 3 nitrogen and oxygen atoms in total. The first-order valence-corrected chi connectivity index (χ1v) is 5.60. The lowest BCUT2D eigenvalue weighted by molar-refractivity contribution is -0.100. The standard InChI is InChI=1S/C11H23NO2/c1-4-9-6-5-7-10(9)12-8-11(13-2)14-3/h9-12H,4-8H2,1-3H3. The summed E-state index contributed by atoms with van der Waals surface area (Å²) >= 11 is 0. The molecule has 84 valence electrons. The summed E-state index contributed by atoms with van der Waals surface area (Å²) in [6.07, 6.45) is 5.22. The molecule has 2 unspecified atom stereocenters. The van der Waals surface area contributed by atoms with Crippen LogP contribution in [0.5, 0.6) is 0 Å². The molecule has 3 heteroatoms. The van der Waals surface area contributed by atoms with E-state index in [1.165, 1.54) is 25.7 Å². The van der Waals surface area contributed by atoms with Gasteiger partial charge in [0.25, 0.3) is 0 Å². The van der Waals surface area contributed by atoms with Crippen LogP contribution in [0.15, 0.2) is 0 Å². The Hall–Kier alpha value is -0.120. The van der Waals surface area contributed by atoms with Gasteiger partial charge in [0, 0.05) is 26.8 Å². The molecule has 0 radical (unpaired) electrons. The maximum atomic E-state index is 5.14. The Morgan fingerprint density at radius 1 is 1.29 bits per heavy atom. The van der Waals surface area contributed by atoms with Crippen LogP contribution in [0.1, 0.15) is 32.6 Å². The molecule has 1 aliphatic carbocycles. The first-order chi connectivity index (χ1) is 6.81. The normalized spacial score (nSPS) is 27.4. The summed E-state index contributed by atoms with van der Waals surface area (Å²) in [4.78, 5) is 0. The zero-order chi connectivity index (χ0) is 10.4. The van der Waals surface area contributed by atoms with Gasteiger partial charge in [0.1, 0.15) is 0 Å². The van der Waals surface area contributed by atoms with E-state index >= 15 is 0 Å². The van der Waals surface area contributed by atoms with E-state index in [2.05, 4.69) is 12.2 Å². The molecule has 0 spiro atoms. The Bertz CT molecular complexity index is 148. The summed E-state index contributed by atoms with van der Waals surface area (Å²) in [5.41, 5.74) is 0. The minimum atomic E-state index is -0.104. The Kier molecular flexibility index (Phi) is 5.45. The van der Waals surface area contributed by atoms with Gasteiger partial charge < -0.3 is 14.8 Å². The van der Waals surface area contributed by atoms with Crippen LogP contribution < -0.4 is 5.32 Å². The summed E-state index contributed by atoms with van der Waals surface area (Å²) in [5.74, 6) is 0.851. The van der Waals surface area contributed by atoms with E-state index in [9.17, 15) is 0 Å². The van der Waals surface area contributed by atoms with Crippen molar-refractivity contribution in [3.8, 4) is 0 Å². The number of methoxy groups -OCH3 is 2. The summed E-state index contributed by atoms with van der Waals surface area (Å²) in [6, 6.07) is 0.674. The molecule has 0 saturated heterocycles. The van der Waals surface area contributed by atoms with E-state index in [0.717, 1.165) is 12.5 Å². The number of ether oxygens (including phenoxy) is 2. The molecular formula is C11H23NO2. The van der Waals surface area contributed by atoms with Crippen molar-refractivity contribution >= 4 is 0 Å². The highest BCUT2D eigenvalue weighted by Gasteiger charge is 2.25. The van der Waals surface area contributed by atoms with E-state index in [0.29, 0.717) is 6.04 Å². The van der Waals surface area contributed by atoms with E-state index < -0.39 is 0 Å². The topological polar surface area (TPSA) is 30.5 Å². The number of hydrogen-bond donors (Lipinski definition) is 1. The van der Waals surface area contributed by atoms with Crippen molar-refractivity contribution in [3.05, 3.63) is 0 Å². The third-order valence-electron chi connectivity index (χ3n) is 3.26. The molecule has 0 amide bonds. The summed E-state index contributed by atoms with van der Waals surface area (Å²) in [6.45, 7) is 3.07. The zero-order valence-corrected chi connectivity index (χ0v) is 9.58. The van der Waals surface area contributed by atoms with Crippen molar-refractivity contribution in [2.75, 3.05) is 20.8 Å². The van der Waals surface area contributed by atoms with Gasteiger partial charge in [-0.25, -0.2) is 0 Å². The summed E-state index contributed by atoms with van der Waals surface area (Å²) in [7, 11) is 3.36. The molecule has 0 aromatic heterocycles. The van der Waals surface area contributed by atoms with Crippen molar-refractivity contribution in [1.29, 1.82) is 0 Å². The molecule has 1 fully saturated rings. The highest BCUT2D eigenvalue weighted by molar-refractivity contribution is 4.82. The van der Waals surface area contributed by atoms with Gasteiger partial charge in [-0.1, -0.05) is 19.8 Å². The maximum Gasteiger partial charge on any atom is 0.169 e. The second kappa shape index (κ2) is 6.38. The Morgan fingerprint density at radius 3 is 2.57 bits per heavy atom.